The number of nitrogens with one attached hydrogen (secondary N) is 1. The number of nitrogens with zero attached hydrogens (tertiary/aromatic N) is 2. The summed E-state index contributed by atoms with van der Waals surface area (Å²) in [6.07, 6.45) is -0.468. The van der Waals surface area contributed by atoms with Crippen molar-refractivity contribution in [3.8, 4) is 0 Å². The molecule has 1 saturated heterocycles. The molecule has 1 fully saturated rings. The van der Waals surface area contributed by atoms with Gasteiger partial charge in [0.05, 0.1) is 24.9 Å². The second-order valence-electron chi connectivity index (χ2n) is 11.7. The molecule has 2 atom stereocenters. The maximum absolute atomic E-state index is 13.2. The van der Waals surface area contributed by atoms with Gasteiger partial charge in [0.2, 0.25) is 0 Å². The molecule has 0 bridgehead atoms. The number of carbonyl (C=O) groups excluding carboxylic acids is 1. The predicted octanol–water partition coefficient (Wildman–Crippen LogP) is 3.86. The number of anilines is 1. The molecule has 2 unspecified atom stereocenters. The van der Waals surface area contributed by atoms with E-state index in [-0.39, 0.29) is 34.6 Å². The van der Waals surface area contributed by atoms with Gasteiger partial charge in [-0.05, 0) is 36.6 Å². The van der Waals surface area contributed by atoms with Crippen molar-refractivity contribution in [2.45, 2.75) is 91.0 Å². The summed E-state index contributed by atoms with van der Waals surface area (Å²) in [6, 6.07) is -0.275. The van der Waals surface area contributed by atoms with Gasteiger partial charge in [-0.1, -0.05) is 41.5 Å². The molecule has 2 rings (SSSR count). The van der Waals surface area contributed by atoms with Crippen molar-refractivity contribution in [3.05, 3.63) is 11.1 Å². The number of aliphatic hydroxyl groups excluding tert-OH is 1. The first-order valence-corrected chi connectivity index (χ1v) is 18.1. The van der Waals surface area contributed by atoms with Crippen LogP contribution >= 0.6 is 11.3 Å². The van der Waals surface area contributed by atoms with Crippen LogP contribution in [0.2, 0.25) is 31.2 Å². The van der Waals surface area contributed by atoms with E-state index < -0.39 is 17.4 Å². The molecule has 1 aliphatic heterocycles. The topological polar surface area (TPSA) is 83.9 Å². The fourth-order valence-electron chi connectivity index (χ4n) is 3.28. The van der Waals surface area contributed by atoms with E-state index in [1.807, 2.05) is 4.90 Å². The molecule has 1 aromatic rings. The minimum Gasteiger partial charge on any atom is -0.415 e. The zero-order valence-electron chi connectivity index (χ0n) is 21.5. The number of β-amino-alcohol motifs (C(OH)–C–C–N with tert-alkyl or cyclic N) is 1. The first-order valence-electron chi connectivity index (χ1n) is 11.5. The van der Waals surface area contributed by atoms with Crippen molar-refractivity contribution in [1.82, 2.24) is 10.3 Å². The van der Waals surface area contributed by atoms with Crippen LogP contribution in [0.5, 0.6) is 0 Å². The minimum atomic E-state index is -2.00. The third kappa shape index (κ3) is 7.10. The molecule has 0 spiro atoms. The molecule has 184 valence electrons. The number of thiazole rings is 1. The van der Waals surface area contributed by atoms with Crippen LogP contribution in [0.4, 0.5) is 5.13 Å². The molecule has 0 saturated carbocycles. The monoisotopic (exact) mass is 501 g/mol. The number of rotatable bonds is 9. The SMILES string of the molecule is C[SiH](C)OC(C(CO[Si](C)(C)C(C)(C)C)NC(=O)c1csc(N2CC(O)C2)n1)C(C)(C)C. The van der Waals surface area contributed by atoms with Gasteiger partial charge in [0.15, 0.2) is 22.5 Å². The van der Waals surface area contributed by atoms with Gasteiger partial charge in [0, 0.05) is 18.5 Å². The second kappa shape index (κ2) is 10.2. The van der Waals surface area contributed by atoms with Crippen LogP contribution in [0.3, 0.4) is 0 Å². The number of amides is 1. The standard InChI is InChI=1S/C22H43N3O4SSi2/c1-21(2,3)18(29-31(7)8)16(13-28-32(9,10)22(4,5)6)23-19(27)17-14-30-20(24-17)25-11-15(26)12-25/h14-16,18,26,31H,11-13H2,1-10H3,(H,23,27). The van der Waals surface area contributed by atoms with Crippen LogP contribution in [0, 0.1) is 5.41 Å². The number of carbonyl (C=O) groups is 1. The number of aliphatic hydroxyl groups is 1. The van der Waals surface area contributed by atoms with E-state index in [4.69, 9.17) is 8.85 Å². The fraction of sp³-hybridized carbons (Fsp3) is 0.818. The zero-order valence-corrected chi connectivity index (χ0v) is 24.5. The van der Waals surface area contributed by atoms with Crippen LogP contribution < -0.4 is 10.2 Å². The lowest BCUT2D eigenvalue weighted by Crippen LogP contribution is -2.55. The summed E-state index contributed by atoms with van der Waals surface area (Å²) in [5, 5.41) is 15.4. The van der Waals surface area contributed by atoms with Crippen molar-refractivity contribution in [1.29, 1.82) is 0 Å². The molecule has 2 N–H and O–H groups in total. The second-order valence-corrected chi connectivity index (χ2v) is 19.7. The Kier molecular flexibility index (Phi) is 8.78. The molecule has 2 heterocycles. The average Bonchev–Trinajstić information content (AvgIpc) is 3.08. The van der Waals surface area contributed by atoms with Gasteiger partial charge < -0.3 is 24.2 Å². The minimum absolute atomic E-state index is 0.0814. The van der Waals surface area contributed by atoms with Gasteiger partial charge in [0.1, 0.15) is 5.69 Å². The predicted molar refractivity (Wildman–Crippen MR) is 138 cm³/mol. The molecule has 0 aliphatic carbocycles. The molecular formula is C22H43N3O4SSi2. The van der Waals surface area contributed by atoms with E-state index in [2.05, 4.69) is 78.0 Å². The quantitative estimate of drug-likeness (QED) is 0.500. The Morgan fingerprint density at radius 2 is 1.91 bits per heavy atom. The van der Waals surface area contributed by atoms with E-state index in [9.17, 15) is 9.90 Å². The van der Waals surface area contributed by atoms with E-state index in [0.29, 0.717) is 25.4 Å². The van der Waals surface area contributed by atoms with Gasteiger partial charge in [-0.2, -0.15) is 0 Å². The summed E-state index contributed by atoms with van der Waals surface area (Å²) >= 11 is 1.43. The molecule has 32 heavy (non-hydrogen) atoms. The average molecular weight is 502 g/mol. The lowest BCUT2D eigenvalue weighted by molar-refractivity contribution is 0.0292. The van der Waals surface area contributed by atoms with Crippen LogP contribution in [-0.2, 0) is 8.85 Å². The molecule has 1 aliphatic rings. The smallest absolute Gasteiger partial charge is 0.271 e. The van der Waals surface area contributed by atoms with Crippen LogP contribution in [0.1, 0.15) is 52.0 Å². The van der Waals surface area contributed by atoms with Crippen LogP contribution in [0.15, 0.2) is 5.38 Å². The molecule has 0 radical (unpaired) electrons. The lowest BCUT2D eigenvalue weighted by Gasteiger charge is -2.42. The van der Waals surface area contributed by atoms with Gasteiger partial charge in [-0.25, -0.2) is 4.98 Å². The highest BCUT2D eigenvalue weighted by Gasteiger charge is 2.41. The van der Waals surface area contributed by atoms with Crippen molar-refractivity contribution < 1.29 is 18.8 Å². The Bertz CT molecular complexity index is 768. The van der Waals surface area contributed by atoms with Crippen LogP contribution in [-0.4, -0.2) is 71.3 Å². The number of hydrogen-bond acceptors (Lipinski definition) is 7. The van der Waals surface area contributed by atoms with E-state index in [1.165, 1.54) is 11.3 Å². The first kappa shape index (κ1) is 27.5. The highest BCUT2D eigenvalue weighted by molar-refractivity contribution is 7.14. The summed E-state index contributed by atoms with van der Waals surface area (Å²) in [6.45, 7) is 23.4. The zero-order chi connectivity index (χ0) is 24.5. The van der Waals surface area contributed by atoms with E-state index >= 15 is 0 Å². The molecule has 1 aromatic heterocycles. The fourth-order valence-corrected chi connectivity index (χ4v) is 6.32. The molecule has 0 aromatic carbocycles. The van der Waals surface area contributed by atoms with E-state index in [1.54, 1.807) is 5.38 Å². The maximum Gasteiger partial charge on any atom is 0.271 e. The van der Waals surface area contributed by atoms with Gasteiger partial charge in [-0.3, -0.25) is 4.79 Å². The summed E-state index contributed by atoms with van der Waals surface area (Å²) < 4.78 is 13.0. The van der Waals surface area contributed by atoms with Gasteiger partial charge in [0.25, 0.3) is 5.91 Å². The third-order valence-corrected chi connectivity index (χ3v) is 12.5. The molecule has 1 amide bonds. The van der Waals surface area contributed by atoms with Gasteiger partial charge in [-0.15, -0.1) is 11.3 Å². The van der Waals surface area contributed by atoms with Crippen molar-refractivity contribution in [2.75, 3.05) is 24.6 Å². The third-order valence-electron chi connectivity index (χ3n) is 6.24. The maximum atomic E-state index is 13.2. The Morgan fingerprint density at radius 1 is 1.31 bits per heavy atom. The Hall–Kier alpha value is -0.786. The van der Waals surface area contributed by atoms with Gasteiger partial charge >= 0.3 is 0 Å². The molecule has 10 heteroatoms. The van der Waals surface area contributed by atoms with Crippen molar-refractivity contribution >= 4 is 39.7 Å². The summed E-state index contributed by atoms with van der Waals surface area (Å²) in [5.74, 6) is -0.208. The van der Waals surface area contributed by atoms with Crippen molar-refractivity contribution in [3.63, 3.8) is 0 Å². The molecular weight excluding hydrogens is 458 g/mol. The highest BCUT2D eigenvalue weighted by atomic mass is 32.1. The first-order chi connectivity index (χ1) is 14.5. The van der Waals surface area contributed by atoms with Crippen molar-refractivity contribution in [2.24, 2.45) is 5.41 Å². The Morgan fingerprint density at radius 3 is 2.38 bits per heavy atom. The summed E-state index contributed by atoms with van der Waals surface area (Å²) in [4.78, 5) is 19.7. The molecule has 7 nitrogen and oxygen atoms in total. The highest BCUT2D eigenvalue weighted by Crippen LogP contribution is 2.37. The lowest BCUT2D eigenvalue weighted by atomic mass is 9.85. The summed E-state index contributed by atoms with van der Waals surface area (Å²) in [5.41, 5.74) is 0.241. The normalized spacial score (nSPS) is 17.9. The largest absolute Gasteiger partial charge is 0.415 e. The van der Waals surface area contributed by atoms with Crippen LogP contribution in [0.25, 0.3) is 0 Å². The number of aromatic nitrogens is 1. The summed E-state index contributed by atoms with van der Waals surface area (Å²) in [7, 11) is -3.35. The number of hydrogen-bond donors (Lipinski definition) is 2. The Balaban J connectivity index is 2.21. The Labute approximate surface area is 200 Å². The van der Waals surface area contributed by atoms with E-state index in [0.717, 1.165) is 5.13 Å².